The third-order valence-electron chi connectivity index (χ3n) is 3.03. The molecule has 4 nitrogen and oxygen atoms in total. The van der Waals surface area contributed by atoms with Crippen LogP contribution in [-0.2, 0) is 0 Å². The molecule has 1 aromatic heterocycles. The number of nitrogens with two attached hydrogens (primary N) is 1. The summed E-state index contributed by atoms with van der Waals surface area (Å²) in [7, 11) is 0. The highest BCUT2D eigenvalue weighted by molar-refractivity contribution is 5.37. The molecule has 0 aliphatic carbocycles. The minimum Gasteiger partial charge on any atom is -0.439 e. The molecule has 20 heavy (non-hydrogen) atoms. The summed E-state index contributed by atoms with van der Waals surface area (Å²) in [6.45, 7) is 8.37. The van der Waals surface area contributed by atoms with Gasteiger partial charge >= 0.3 is 0 Å². The zero-order chi connectivity index (χ0) is 14.7. The summed E-state index contributed by atoms with van der Waals surface area (Å²) < 4.78 is 5.75. The Morgan fingerprint density at radius 1 is 0.950 bits per heavy atom. The zero-order valence-electron chi connectivity index (χ0n) is 12.4. The second-order valence-corrected chi connectivity index (χ2v) is 5.47. The number of hydrogen-bond donors (Lipinski definition) is 1. The van der Waals surface area contributed by atoms with Crippen molar-refractivity contribution in [2.75, 3.05) is 5.73 Å². The molecule has 0 bridgehead atoms. The van der Waals surface area contributed by atoms with Gasteiger partial charge in [0, 0.05) is 12.0 Å². The Balaban J connectivity index is 2.21. The van der Waals surface area contributed by atoms with Crippen molar-refractivity contribution in [3.8, 4) is 11.6 Å². The third kappa shape index (κ3) is 3.47. The quantitative estimate of drug-likeness (QED) is 0.909. The molecule has 0 atom stereocenters. The normalized spacial score (nSPS) is 11.1. The topological polar surface area (TPSA) is 61.0 Å². The molecule has 0 radical (unpaired) electrons. The van der Waals surface area contributed by atoms with Gasteiger partial charge in [0.1, 0.15) is 17.4 Å². The molecule has 1 heterocycles. The highest BCUT2D eigenvalue weighted by Gasteiger charge is 2.08. The van der Waals surface area contributed by atoms with Gasteiger partial charge in [-0.25, -0.2) is 4.98 Å². The van der Waals surface area contributed by atoms with E-state index in [4.69, 9.17) is 10.5 Å². The number of aromatic nitrogens is 2. The van der Waals surface area contributed by atoms with E-state index < -0.39 is 0 Å². The van der Waals surface area contributed by atoms with E-state index in [9.17, 15) is 0 Å². The maximum Gasteiger partial charge on any atom is 0.224 e. The van der Waals surface area contributed by atoms with Crippen LogP contribution >= 0.6 is 0 Å². The SMILES string of the molecule is CC(C)c1ccc(Oc2cc(N)nc(C(C)C)n2)cc1. The number of ether oxygens (including phenoxy) is 1. The summed E-state index contributed by atoms with van der Waals surface area (Å²) in [5, 5.41) is 0. The Morgan fingerprint density at radius 3 is 2.15 bits per heavy atom. The number of nitrogen functional groups attached to an aromatic ring is 1. The molecule has 2 N–H and O–H groups in total. The van der Waals surface area contributed by atoms with Gasteiger partial charge in [-0.05, 0) is 23.6 Å². The van der Waals surface area contributed by atoms with Gasteiger partial charge in [0.15, 0.2) is 0 Å². The Kier molecular flexibility index (Phi) is 4.23. The van der Waals surface area contributed by atoms with Crippen molar-refractivity contribution in [1.82, 2.24) is 9.97 Å². The predicted molar refractivity (Wildman–Crippen MR) is 81.1 cm³/mol. The second kappa shape index (κ2) is 5.90. The molecule has 2 aromatic rings. The van der Waals surface area contributed by atoms with Crippen molar-refractivity contribution < 1.29 is 4.74 Å². The molecule has 0 unspecified atom stereocenters. The average molecular weight is 271 g/mol. The van der Waals surface area contributed by atoms with Crippen molar-refractivity contribution >= 4 is 5.82 Å². The van der Waals surface area contributed by atoms with E-state index in [-0.39, 0.29) is 5.92 Å². The van der Waals surface area contributed by atoms with Crippen molar-refractivity contribution in [2.24, 2.45) is 0 Å². The summed E-state index contributed by atoms with van der Waals surface area (Å²) in [4.78, 5) is 8.57. The minimum absolute atomic E-state index is 0.212. The van der Waals surface area contributed by atoms with Crippen molar-refractivity contribution in [2.45, 2.75) is 39.5 Å². The van der Waals surface area contributed by atoms with Gasteiger partial charge in [-0.2, -0.15) is 4.98 Å². The van der Waals surface area contributed by atoms with Crippen LogP contribution in [0.4, 0.5) is 5.82 Å². The Labute approximate surface area is 120 Å². The monoisotopic (exact) mass is 271 g/mol. The zero-order valence-corrected chi connectivity index (χ0v) is 12.4. The molecule has 4 heteroatoms. The van der Waals surface area contributed by atoms with E-state index in [1.165, 1.54) is 5.56 Å². The lowest BCUT2D eigenvalue weighted by Crippen LogP contribution is -2.03. The first-order chi connectivity index (χ1) is 9.45. The van der Waals surface area contributed by atoms with E-state index in [1.807, 2.05) is 26.0 Å². The van der Waals surface area contributed by atoms with Crippen LogP contribution in [-0.4, -0.2) is 9.97 Å². The molecular weight excluding hydrogens is 250 g/mol. The Morgan fingerprint density at radius 2 is 1.60 bits per heavy atom. The largest absolute Gasteiger partial charge is 0.439 e. The van der Waals surface area contributed by atoms with Gasteiger partial charge in [0.2, 0.25) is 5.88 Å². The van der Waals surface area contributed by atoms with Crippen LogP contribution in [0, 0.1) is 0 Å². The number of nitrogens with zero attached hydrogens (tertiary/aromatic N) is 2. The van der Waals surface area contributed by atoms with Crippen LogP contribution in [0.25, 0.3) is 0 Å². The van der Waals surface area contributed by atoms with Crippen molar-refractivity contribution in [3.05, 3.63) is 41.7 Å². The van der Waals surface area contributed by atoms with Gasteiger partial charge in [0.05, 0.1) is 0 Å². The second-order valence-electron chi connectivity index (χ2n) is 5.47. The van der Waals surface area contributed by atoms with Gasteiger partial charge in [-0.15, -0.1) is 0 Å². The van der Waals surface area contributed by atoms with E-state index in [0.29, 0.717) is 23.4 Å². The Hall–Kier alpha value is -2.10. The molecule has 0 saturated carbocycles. The van der Waals surface area contributed by atoms with Crippen LogP contribution in [0.1, 0.15) is 50.9 Å². The number of benzene rings is 1. The Bertz CT molecular complexity index is 577. The van der Waals surface area contributed by atoms with Crippen LogP contribution in [0.15, 0.2) is 30.3 Å². The lowest BCUT2D eigenvalue weighted by atomic mass is 10.0. The first-order valence-corrected chi connectivity index (χ1v) is 6.88. The van der Waals surface area contributed by atoms with E-state index >= 15 is 0 Å². The lowest BCUT2D eigenvalue weighted by Gasteiger charge is -2.10. The molecule has 0 saturated heterocycles. The van der Waals surface area contributed by atoms with Crippen LogP contribution in [0.2, 0.25) is 0 Å². The summed E-state index contributed by atoms with van der Waals surface area (Å²) in [5.41, 5.74) is 7.06. The summed E-state index contributed by atoms with van der Waals surface area (Å²) in [5.74, 6) is 3.08. The van der Waals surface area contributed by atoms with E-state index in [2.05, 4.69) is 35.9 Å². The summed E-state index contributed by atoms with van der Waals surface area (Å²) >= 11 is 0. The number of anilines is 1. The van der Waals surface area contributed by atoms with Crippen molar-refractivity contribution in [3.63, 3.8) is 0 Å². The first kappa shape index (κ1) is 14.3. The molecular formula is C16H21N3O. The number of hydrogen-bond acceptors (Lipinski definition) is 4. The van der Waals surface area contributed by atoms with E-state index in [0.717, 1.165) is 5.75 Å². The lowest BCUT2D eigenvalue weighted by molar-refractivity contribution is 0.457. The minimum atomic E-state index is 0.212. The highest BCUT2D eigenvalue weighted by Crippen LogP contribution is 2.24. The molecule has 0 amide bonds. The molecule has 0 aliphatic rings. The number of rotatable bonds is 4. The fraction of sp³-hybridized carbons (Fsp3) is 0.375. The fourth-order valence-corrected chi connectivity index (χ4v) is 1.81. The maximum absolute atomic E-state index is 5.78. The molecule has 0 aliphatic heterocycles. The van der Waals surface area contributed by atoms with Gasteiger partial charge < -0.3 is 10.5 Å². The van der Waals surface area contributed by atoms with Gasteiger partial charge in [0.25, 0.3) is 0 Å². The molecule has 0 fully saturated rings. The predicted octanol–water partition coefficient (Wildman–Crippen LogP) is 4.10. The van der Waals surface area contributed by atoms with Crippen LogP contribution in [0.5, 0.6) is 11.6 Å². The average Bonchev–Trinajstić information content (AvgIpc) is 2.38. The smallest absolute Gasteiger partial charge is 0.224 e. The van der Waals surface area contributed by atoms with Crippen LogP contribution < -0.4 is 10.5 Å². The molecule has 0 spiro atoms. The maximum atomic E-state index is 5.78. The third-order valence-corrected chi connectivity index (χ3v) is 3.03. The first-order valence-electron chi connectivity index (χ1n) is 6.88. The highest BCUT2D eigenvalue weighted by atomic mass is 16.5. The summed E-state index contributed by atoms with van der Waals surface area (Å²) in [6.07, 6.45) is 0. The fourth-order valence-electron chi connectivity index (χ4n) is 1.81. The molecule has 106 valence electrons. The van der Waals surface area contributed by atoms with Crippen molar-refractivity contribution in [1.29, 1.82) is 0 Å². The van der Waals surface area contributed by atoms with Gasteiger partial charge in [-0.1, -0.05) is 39.8 Å². The molecule has 1 aromatic carbocycles. The summed E-state index contributed by atoms with van der Waals surface area (Å²) in [6, 6.07) is 9.66. The van der Waals surface area contributed by atoms with Crippen LogP contribution in [0.3, 0.4) is 0 Å². The standard InChI is InChI=1S/C16H21N3O/c1-10(2)12-5-7-13(8-6-12)20-15-9-14(17)18-16(19-15)11(3)4/h5-11H,1-4H3,(H2,17,18,19). The van der Waals surface area contributed by atoms with E-state index in [1.54, 1.807) is 6.07 Å². The molecule has 2 rings (SSSR count). The van der Waals surface area contributed by atoms with Gasteiger partial charge in [-0.3, -0.25) is 0 Å².